The van der Waals surface area contributed by atoms with Crippen LogP contribution in [0.15, 0.2) is 63.7 Å². The number of phenolic OH excluding ortho intramolecular Hbond substituents is 1. The average molecular weight is 377 g/mol. The Bertz CT molecular complexity index is 1110. The van der Waals surface area contributed by atoms with Gasteiger partial charge in [0.15, 0.2) is 0 Å². The van der Waals surface area contributed by atoms with Crippen LogP contribution in [0, 0.1) is 6.92 Å². The van der Waals surface area contributed by atoms with Gasteiger partial charge in [0.05, 0.1) is 16.3 Å². The fourth-order valence-corrected chi connectivity index (χ4v) is 3.16. The van der Waals surface area contributed by atoms with Crippen molar-refractivity contribution in [1.29, 1.82) is 0 Å². The third-order valence-corrected chi connectivity index (χ3v) is 4.96. The molecule has 0 saturated carbocycles. The first-order valence-electron chi connectivity index (χ1n) is 7.17. The van der Waals surface area contributed by atoms with E-state index in [4.69, 9.17) is 11.6 Å². The molecule has 0 fully saturated rings. The highest BCUT2D eigenvalue weighted by atomic mass is 35.5. The van der Waals surface area contributed by atoms with Crippen molar-refractivity contribution in [2.24, 2.45) is 10.2 Å². The van der Waals surface area contributed by atoms with Gasteiger partial charge in [0.2, 0.25) is 0 Å². The number of phenols is 1. The van der Waals surface area contributed by atoms with E-state index < -0.39 is 10.1 Å². The standard InChI is InChI=1S/C17H13ClN2O4S/c1-10-14(18)8-11(25(22,23)24)9-16(10)20-19-15-6-7-17(21)13-5-3-2-4-12(13)15/h2-9,21H,1H3,(H,22,23,24). The van der Waals surface area contributed by atoms with Crippen LogP contribution in [-0.4, -0.2) is 18.1 Å². The van der Waals surface area contributed by atoms with E-state index in [-0.39, 0.29) is 21.4 Å². The minimum Gasteiger partial charge on any atom is -0.507 e. The molecule has 3 aromatic rings. The van der Waals surface area contributed by atoms with Crippen LogP contribution in [0.1, 0.15) is 5.56 Å². The van der Waals surface area contributed by atoms with E-state index in [1.54, 1.807) is 31.2 Å². The molecule has 128 valence electrons. The largest absolute Gasteiger partial charge is 0.507 e. The second-order valence-electron chi connectivity index (χ2n) is 5.37. The number of benzene rings is 3. The molecule has 0 aliphatic rings. The minimum atomic E-state index is -4.41. The third kappa shape index (κ3) is 3.48. The number of fused-ring (bicyclic) bond motifs is 1. The van der Waals surface area contributed by atoms with Crippen molar-refractivity contribution < 1.29 is 18.1 Å². The maximum absolute atomic E-state index is 11.3. The molecule has 0 heterocycles. The quantitative estimate of drug-likeness (QED) is 0.486. The molecule has 0 saturated heterocycles. The normalized spacial score (nSPS) is 12.1. The first-order chi connectivity index (χ1) is 11.8. The predicted octanol–water partition coefficient (Wildman–Crippen LogP) is 5.17. The molecule has 0 unspecified atom stereocenters. The van der Waals surface area contributed by atoms with Crippen molar-refractivity contribution >= 4 is 43.9 Å². The summed E-state index contributed by atoms with van der Waals surface area (Å²) in [4.78, 5) is -0.354. The first kappa shape index (κ1) is 17.3. The molecule has 0 spiro atoms. The molecule has 3 rings (SSSR count). The van der Waals surface area contributed by atoms with E-state index >= 15 is 0 Å². The Morgan fingerprint density at radius 1 is 0.960 bits per heavy atom. The van der Waals surface area contributed by atoms with Crippen LogP contribution in [-0.2, 0) is 10.1 Å². The number of azo groups is 1. The number of nitrogens with zero attached hydrogens (tertiary/aromatic N) is 2. The number of halogens is 1. The molecule has 0 radical (unpaired) electrons. The van der Waals surface area contributed by atoms with Crippen molar-refractivity contribution in [1.82, 2.24) is 0 Å². The number of hydrogen-bond donors (Lipinski definition) is 2. The van der Waals surface area contributed by atoms with Gasteiger partial charge in [0.25, 0.3) is 10.1 Å². The fourth-order valence-electron chi connectivity index (χ4n) is 2.36. The van der Waals surface area contributed by atoms with Crippen LogP contribution in [0.5, 0.6) is 5.75 Å². The van der Waals surface area contributed by atoms with Crippen molar-refractivity contribution in [3.63, 3.8) is 0 Å². The van der Waals surface area contributed by atoms with Gasteiger partial charge in [-0.25, -0.2) is 0 Å². The van der Waals surface area contributed by atoms with Crippen LogP contribution >= 0.6 is 11.6 Å². The van der Waals surface area contributed by atoms with Crippen LogP contribution < -0.4 is 0 Å². The Kier molecular flexibility index (Phi) is 4.47. The molecule has 25 heavy (non-hydrogen) atoms. The summed E-state index contributed by atoms with van der Waals surface area (Å²) in [6.07, 6.45) is 0. The molecule has 0 bridgehead atoms. The molecule has 8 heteroatoms. The lowest BCUT2D eigenvalue weighted by Crippen LogP contribution is -1.98. The Balaban J connectivity index is 2.12. The fraction of sp³-hybridized carbons (Fsp3) is 0.0588. The molecule has 0 atom stereocenters. The Morgan fingerprint density at radius 2 is 1.60 bits per heavy atom. The van der Waals surface area contributed by atoms with E-state index in [0.717, 1.165) is 6.07 Å². The van der Waals surface area contributed by atoms with E-state index in [1.807, 2.05) is 6.07 Å². The van der Waals surface area contributed by atoms with Crippen molar-refractivity contribution in [3.05, 3.63) is 59.1 Å². The van der Waals surface area contributed by atoms with Crippen molar-refractivity contribution in [2.45, 2.75) is 11.8 Å². The Labute approximate surface area is 149 Å². The van der Waals surface area contributed by atoms with E-state index in [1.165, 1.54) is 12.1 Å². The molecule has 0 amide bonds. The van der Waals surface area contributed by atoms with Crippen LogP contribution in [0.3, 0.4) is 0 Å². The molecular weight excluding hydrogens is 364 g/mol. The van der Waals surface area contributed by atoms with Gasteiger partial charge in [-0.2, -0.15) is 13.5 Å². The van der Waals surface area contributed by atoms with Gasteiger partial charge < -0.3 is 5.11 Å². The summed E-state index contributed by atoms with van der Waals surface area (Å²) in [6, 6.07) is 12.6. The van der Waals surface area contributed by atoms with E-state index in [9.17, 15) is 18.1 Å². The van der Waals surface area contributed by atoms with Crippen molar-refractivity contribution in [3.8, 4) is 5.75 Å². The molecular formula is C17H13ClN2O4S. The lowest BCUT2D eigenvalue weighted by atomic mass is 10.1. The summed E-state index contributed by atoms with van der Waals surface area (Å²) < 4.78 is 31.9. The first-order valence-corrected chi connectivity index (χ1v) is 8.99. The number of aromatic hydroxyl groups is 1. The summed E-state index contributed by atoms with van der Waals surface area (Å²) in [7, 11) is -4.41. The van der Waals surface area contributed by atoms with Gasteiger partial charge in [0.1, 0.15) is 5.75 Å². The zero-order chi connectivity index (χ0) is 18.2. The van der Waals surface area contributed by atoms with E-state index in [0.29, 0.717) is 22.0 Å². The Hall–Kier alpha value is -2.48. The third-order valence-electron chi connectivity index (χ3n) is 3.73. The highest BCUT2D eigenvalue weighted by Crippen LogP contribution is 2.35. The zero-order valence-electron chi connectivity index (χ0n) is 13.0. The summed E-state index contributed by atoms with van der Waals surface area (Å²) in [5.74, 6) is 0.127. The van der Waals surface area contributed by atoms with Crippen LogP contribution in [0.2, 0.25) is 5.02 Å². The monoisotopic (exact) mass is 376 g/mol. The smallest absolute Gasteiger partial charge is 0.294 e. The van der Waals surface area contributed by atoms with Gasteiger partial charge in [0, 0.05) is 15.8 Å². The molecule has 0 aromatic heterocycles. The van der Waals surface area contributed by atoms with Gasteiger partial charge >= 0.3 is 0 Å². The highest BCUT2D eigenvalue weighted by molar-refractivity contribution is 7.85. The summed E-state index contributed by atoms with van der Waals surface area (Å²) in [6.45, 7) is 1.67. The maximum Gasteiger partial charge on any atom is 0.294 e. The van der Waals surface area contributed by atoms with Crippen LogP contribution in [0.25, 0.3) is 10.8 Å². The van der Waals surface area contributed by atoms with Gasteiger partial charge in [-0.1, -0.05) is 35.9 Å². The van der Waals surface area contributed by atoms with Gasteiger partial charge in [-0.15, -0.1) is 5.11 Å². The molecule has 2 N–H and O–H groups in total. The average Bonchev–Trinajstić information content (AvgIpc) is 2.57. The summed E-state index contributed by atoms with van der Waals surface area (Å²) >= 11 is 6.01. The summed E-state index contributed by atoms with van der Waals surface area (Å²) in [5, 5.41) is 19.6. The maximum atomic E-state index is 11.3. The van der Waals surface area contributed by atoms with Crippen molar-refractivity contribution in [2.75, 3.05) is 0 Å². The van der Waals surface area contributed by atoms with Gasteiger partial charge in [-0.3, -0.25) is 4.55 Å². The van der Waals surface area contributed by atoms with Gasteiger partial charge in [-0.05, 0) is 36.8 Å². The molecule has 3 aromatic carbocycles. The Morgan fingerprint density at radius 3 is 2.28 bits per heavy atom. The summed E-state index contributed by atoms with van der Waals surface area (Å²) in [5.41, 5.74) is 1.25. The second kappa shape index (κ2) is 6.44. The minimum absolute atomic E-state index is 0.127. The molecule has 0 aliphatic heterocycles. The van der Waals surface area contributed by atoms with E-state index in [2.05, 4.69) is 10.2 Å². The predicted molar refractivity (Wildman–Crippen MR) is 95.8 cm³/mol. The lowest BCUT2D eigenvalue weighted by Gasteiger charge is -2.06. The highest BCUT2D eigenvalue weighted by Gasteiger charge is 2.15. The SMILES string of the molecule is Cc1c(Cl)cc(S(=O)(=O)O)cc1N=Nc1ccc(O)c2ccccc12. The molecule has 6 nitrogen and oxygen atoms in total. The van der Waals surface area contributed by atoms with Crippen LogP contribution in [0.4, 0.5) is 11.4 Å². The number of rotatable bonds is 3. The topological polar surface area (TPSA) is 99.3 Å². The molecule has 0 aliphatic carbocycles. The zero-order valence-corrected chi connectivity index (χ0v) is 14.6. The number of hydrogen-bond acceptors (Lipinski definition) is 5. The lowest BCUT2D eigenvalue weighted by molar-refractivity contribution is 0.481. The second-order valence-corrected chi connectivity index (χ2v) is 7.20.